The number of quaternary nitrogens is 1. The van der Waals surface area contributed by atoms with Crippen molar-refractivity contribution >= 4 is 5.91 Å². The Morgan fingerprint density at radius 1 is 1.35 bits per heavy atom. The molecule has 1 aliphatic rings. The smallest absolute Gasteiger partial charge is 0.275 e. The van der Waals surface area contributed by atoms with Crippen LogP contribution in [-0.4, -0.2) is 39.8 Å². The number of amides is 1. The van der Waals surface area contributed by atoms with Crippen molar-refractivity contribution in [1.82, 2.24) is 5.32 Å². The summed E-state index contributed by atoms with van der Waals surface area (Å²) in [6.07, 6.45) is 2.21. The summed E-state index contributed by atoms with van der Waals surface area (Å²) >= 11 is 0. The third-order valence-electron chi connectivity index (χ3n) is 4.39. The van der Waals surface area contributed by atoms with Crippen LogP contribution in [0.4, 0.5) is 0 Å². The first-order chi connectivity index (χ1) is 11.0. The number of benzene rings is 1. The molecule has 2 atom stereocenters. The van der Waals surface area contributed by atoms with Gasteiger partial charge in [0.25, 0.3) is 5.91 Å². The number of likely N-dealkylation sites (tertiary alicyclic amines) is 1. The van der Waals surface area contributed by atoms with Crippen LogP contribution in [0, 0.1) is 5.92 Å². The lowest BCUT2D eigenvalue weighted by Crippen LogP contribution is -3.11. The standard InChI is InChI=1S/C18H28N2O3/c1-13(2)11-19-18(21)12-20-9-5-6-16(20)15-8-7-14(22-3)10-17(15)23-4/h7-8,10,13,16H,5-6,9,11-12H2,1-4H3,(H,19,21)/p+1/t16-/m0/s1. The molecule has 0 saturated carbocycles. The van der Waals surface area contributed by atoms with Gasteiger partial charge in [-0.1, -0.05) is 13.8 Å². The summed E-state index contributed by atoms with van der Waals surface area (Å²) in [6.45, 7) is 6.49. The molecule has 1 fully saturated rings. The van der Waals surface area contributed by atoms with Gasteiger partial charge >= 0.3 is 0 Å². The number of hydrogen-bond donors (Lipinski definition) is 2. The van der Waals surface area contributed by atoms with Crippen LogP contribution in [-0.2, 0) is 4.79 Å². The van der Waals surface area contributed by atoms with E-state index in [1.165, 1.54) is 4.90 Å². The lowest BCUT2D eigenvalue weighted by Gasteiger charge is -2.23. The van der Waals surface area contributed by atoms with Crippen LogP contribution in [0.3, 0.4) is 0 Å². The number of carbonyl (C=O) groups excluding carboxylic acids is 1. The summed E-state index contributed by atoms with van der Waals surface area (Å²) in [5.74, 6) is 2.24. The molecule has 1 unspecified atom stereocenters. The van der Waals surface area contributed by atoms with Gasteiger partial charge < -0.3 is 19.7 Å². The van der Waals surface area contributed by atoms with Gasteiger partial charge in [-0.3, -0.25) is 4.79 Å². The number of carbonyl (C=O) groups is 1. The van der Waals surface area contributed by atoms with Gasteiger partial charge in [0.2, 0.25) is 0 Å². The molecule has 1 heterocycles. The Morgan fingerprint density at radius 2 is 2.13 bits per heavy atom. The molecule has 0 bridgehead atoms. The second-order valence-electron chi connectivity index (χ2n) is 6.59. The number of methoxy groups -OCH3 is 2. The first kappa shape index (κ1) is 17.6. The first-order valence-electron chi connectivity index (χ1n) is 8.38. The van der Waals surface area contributed by atoms with Crippen molar-refractivity contribution in [2.24, 2.45) is 5.92 Å². The lowest BCUT2D eigenvalue weighted by atomic mass is 10.0. The third kappa shape index (κ3) is 4.61. The maximum absolute atomic E-state index is 12.2. The van der Waals surface area contributed by atoms with E-state index < -0.39 is 0 Å². The Hall–Kier alpha value is -1.75. The lowest BCUT2D eigenvalue weighted by molar-refractivity contribution is -0.910. The molecule has 128 valence electrons. The summed E-state index contributed by atoms with van der Waals surface area (Å²) in [5, 5.41) is 3.02. The fraction of sp³-hybridized carbons (Fsp3) is 0.611. The van der Waals surface area contributed by atoms with E-state index in [9.17, 15) is 4.79 Å². The molecule has 0 aliphatic carbocycles. The van der Waals surface area contributed by atoms with Crippen molar-refractivity contribution in [3.63, 3.8) is 0 Å². The topological polar surface area (TPSA) is 52.0 Å². The maximum Gasteiger partial charge on any atom is 0.275 e. The molecule has 1 aromatic carbocycles. The van der Waals surface area contributed by atoms with Crippen molar-refractivity contribution < 1.29 is 19.2 Å². The molecule has 1 saturated heterocycles. The molecule has 0 radical (unpaired) electrons. The molecule has 5 heteroatoms. The SMILES string of the molecule is COc1ccc([C@@H]2CCC[NH+]2CC(=O)NCC(C)C)c(OC)c1. The highest BCUT2D eigenvalue weighted by atomic mass is 16.5. The van der Waals surface area contributed by atoms with Crippen LogP contribution in [0.15, 0.2) is 18.2 Å². The maximum atomic E-state index is 12.2. The van der Waals surface area contributed by atoms with Gasteiger partial charge in [-0.2, -0.15) is 0 Å². The molecule has 0 spiro atoms. The molecule has 1 amide bonds. The van der Waals surface area contributed by atoms with Crippen LogP contribution >= 0.6 is 0 Å². The Morgan fingerprint density at radius 3 is 2.78 bits per heavy atom. The molecule has 23 heavy (non-hydrogen) atoms. The van der Waals surface area contributed by atoms with Crippen molar-refractivity contribution in [3.05, 3.63) is 23.8 Å². The monoisotopic (exact) mass is 321 g/mol. The molecular formula is C18H29N2O3+. The zero-order valence-electron chi connectivity index (χ0n) is 14.6. The number of rotatable bonds is 7. The highest BCUT2D eigenvalue weighted by Gasteiger charge is 2.33. The number of ether oxygens (including phenoxy) is 2. The summed E-state index contributed by atoms with van der Waals surface area (Å²) in [7, 11) is 3.34. The summed E-state index contributed by atoms with van der Waals surface area (Å²) in [5.41, 5.74) is 1.16. The molecule has 2 N–H and O–H groups in total. The average molecular weight is 321 g/mol. The number of nitrogens with one attached hydrogen (secondary N) is 2. The van der Waals surface area contributed by atoms with E-state index in [-0.39, 0.29) is 5.91 Å². The second-order valence-corrected chi connectivity index (χ2v) is 6.59. The van der Waals surface area contributed by atoms with Crippen molar-refractivity contribution in [1.29, 1.82) is 0 Å². The Labute approximate surface area is 139 Å². The van der Waals surface area contributed by atoms with Crippen LogP contribution < -0.4 is 19.7 Å². The molecular weight excluding hydrogens is 292 g/mol. The van der Waals surface area contributed by atoms with Gasteiger partial charge in [-0.15, -0.1) is 0 Å². The van der Waals surface area contributed by atoms with Gasteiger partial charge in [-0.25, -0.2) is 0 Å². The number of hydrogen-bond acceptors (Lipinski definition) is 3. The fourth-order valence-corrected chi connectivity index (χ4v) is 3.19. The van der Waals surface area contributed by atoms with Gasteiger partial charge in [0, 0.05) is 25.5 Å². The predicted octanol–water partition coefficient (Wildman–Crippen LogP) is 1.20. The largest absolute Gasteiger partial charge is 0.497 e. The fourth-order valence-electron chi connectivity index (χ4n) is 3.19. The minimum absolute atomic E-state index is 0.132. The van der Waals surface area contributed by atoms with Crippen LogP contribution in [0.1, 0.15) is 38.3 Å². The van der Waals surface area contributed by atoms with Crippen molar-refractivity contribution in [2.45, 2.75) is 32.7 Å². The Bertz CT molecular complexity index is 531. The predicted molar refractivity (Wildman–Crippen MR) is 90.1 cm³/mol. The van der Waals surface area contributed by atoms with Gasteiger partial charge in [0.1, 0.15) is 17.5 Å². The highest BCUT2D eigenvalue weighted by Crippen LogP contribution is 2.31. The van der Waals surface area contributed by atoms with Crippen molar-refractivity contribution in [3.8, 4) is 11.5 Å². The summed E-state index contributed by atoms with van der Waals surface area (Å²) in [4.78, 5) is 13.5. The van der Waals surface area contributed by atoms with E-state index in [2.05, 4.69) is 25.2 Å². The Kier molecular flexibility index (Phi) is 6.28. The quantitative estimate of drug-likeness (QED) is 0.793. The first-order valence-corrected chi connectivity index (χ1v) is 8.38. The normalized spacial score (nSPS) is 20.6. The van der Waals surface area contributed by atoms with Crippen LogP contribution in [0.25, 0.3) is 0 Å². The zero-order valence-corrected chi connectivity index (χ0v) is 14.6. The van der Waals surface area contributed by atoms with E-state index >= 15 is 0 Å². The summed E-state index contributed by atoms with van der Waals surface area (Å²) in [6, 6.07) is 6.26. The molecule has 0 aromatic heterocycles. The minimum atomic E-state index is 0.132. The van der Waals surface area contributed by atoms with Crippen LogP contribution in [0.2, 0.25) is 0 Å². The third-order valence-corrected chi connectivity index (χ3v) is 4.39. The van der Waals surface area contributed by atoms with E-state index in [1.54, 1.807) is 14.2 Å². The van der Waals surface area contributed by atoms with E-state index in [1.807, 2.05) is 12.1 Å². The molecule has 2 rings (SSSR count). The molecule has 5 nitrogen and oxygen atoms in total. The molecule has 1 aliphatic heterocycles. The summed E-state index contributed by atoms with van der Waals surface area (Å²) < 4.78 is 10.8. The van der Waals surface area contributed by atoms with Gasteiger partial charge in [0.05, 0.1) is 26.3 Å². The van der Waals surface area contributed by atoms with Crippen molar-refractivity contribution in [2.75, 3.05) is 33.9 Å². The van der Waals surface area contributed by atoms with Crippen LogP contribution in [0.5, 0.6) is 11.5 Å². The average Bonchev–Trinajstić information content (AvgIpc) is 3.00. The minimum Gasteiger partial charge on any atom is -0.497 e. The van der Waals surface area contributed by atoms with E-state index in [0.29, 0.717) is 18.5 Å². The van der Waals surface area contributed by atoms with E-state index in [4.69, 9.17) is 9.47 Å². The molecule has 1 aromatic rings. The zero-order chi connectivity index (χ0) is 16.8. The highest BCUT2D eigenvalue weighted by molar-refractivity contribution is 5.76. The van der Waals surface area contributed by atoms with Gasteiger partial charge in [-0.05, 0) is 18.1 Å². The van der Waals surface area contributed by atoms with E-state index in [0.717, 1.165) is 43.0 Å². The van der Waals surface area contributed by atoms with Gasteiger partial charge in [0.15, 0.2) is 6.54 Å². The second kappa shape index (κ2) is 8.20. The Balaban J connectivity index is 2.08.